The van der Waals surface area contributed by atoms with Crippen LogP contribution in [0.3, 0.4) is 0 Å². The lowest BCUT2D eigenvalue weighted by Crippen LogP contribution is -2.48. The maximum absolute atomic E-state index is 11.9. The summed E-state index contributed by atoms with van der Waals surface area (Å²) in [5.41, 5.74) is 0. The zero-order valence-electron chi connectivity index (χ0n) is 16.5. The summed E-state index contributed by atoms with van der Waals surface area (Å²) in [7, 11) is 1.45. The molecule has 2 aliphatic rings. The topological polar surface area (TPSA) is 77.5 Å². The summed E-state index contributed by atoms with van der Waals surface area (Å²) in [6, 6.07) is 0. The number of esters is 1. The van der Waals surface area contributed by atoms with Crippen molar-refractivity contribution in [2.75, 3.05) is 66.0 Å². The summed E-state index contributed by atoms with van der Waals surface area (Å²) in [6.45, 7) is 13.0. The van der Waals surface area contributed by atoms with Crippen molar-refractivity contribution in [3.8, 4) is 0 Å². The molecular formula is C18H33N5O3. The van der Waals surface area contributed by atoms with Gasteiger partial charge in [0.1, 0.15) is 0 Å². The number of nitrogens with one attached hydrogen (secondary N) is 1. The summed E-state index contributed by atoms with van der Waals surface area (Å²) in [6.07, 6.45) is 0. The van der Waals surface area contributed by atoms with Crippen LogP contribution in [0, 0.1) is 11.8 Å². The largest absolute Gasteiger partial charge is 0.469 e. The normalized spacial score (nSPS) is 24.7. The number of rotatable bonds is 5. The molecule has 0 aliphatic carbocycles. The predicted molar refractivity (Wildman–Crippen MR) is 101 cm³/mol. The third-order valence-electron chi connectivity index (χ3n) is 5.25. The second kappa shape index (κ2) is 9.75. The number of carbonyl (C=O) groups is 2. The van der Waals surface area contributed by atoms with Crippen LogP contribution < -0.4 is 5.32 Å². The number of likely N-dealkylation sites (tertiary alicyclic amines) is 1. The molecule has 0 aromatic heterocycles. The third kappa shape index (κ3) is 5.33. The van der Waals surface area contributed by atoms with Crippen LogP contribution in [-0.2, 0) is 14.3 Å². The van der Waals surface area contributed by atoms with Crippen molar-refractivity contribution in [2.24, 2.45) is 16.8 Å². The number of aliphatic imine (C=N–C) groups is 1. The molecule has 2 atom stereocenters. The molecule has 0 radical (unpaired) electrons. The van der Waals surface area contributed by atoms with Gasteiger partial charge in [-0.3, -0.25) is 19.5 Å². The second-order valence-corrected chi connectivity index (χ2v) is 7.10. The standard InChI is InChI=1S/C18H33N5O3/c1-5-19-18(23-12-14(2)16(13-23)17(25)26-4)20-6-7-21-8-10-22(11-9-21)15(3)24/h14,16H,5-13H2,1-4H3,(H,19,20). The lowest BCUT2D eigenvalue weighted by Gasteiger charge is -2.33. The number of methoxy groups -OCH3 is 1. The van der Waals surface area contributed by atoms with Gasteiger partial charge < -0.3 is 19.9 Å². The molecule has 26 heavy (non-hydrogen) atoms. The number of piperazine rings is 1. The molecule has 2 unspecified atom stereocenters. The highest BCUT2D eigenvalue weighted by molar-refractivity contribution is 5.82. The van der Waals surface area contributed by atoms with Gasteiger partial charge in [0.2, 0.25) is 5.91 Å². The molecule has 0 spiro atoms. The first-order chi connectivity index (χ1) is 12.5. The lowest BCUT2D eigenvalue weighted by molar-refractivity contribution is -0.146. The van der Waals surface area contributed by atoms with Gasteiger partial charge in [-0.1, -0.05) is 6.92 Å². The Balaban J connectivity index is 1.85. The molecule has 8 heteroatoms. The van der Waals surface area contributed by atoms with Crippen molar-refractivity contribution in [1.29, 1.82) is 0 Å². The number of hydrogen-bond acceptors (Lipinski definition) is 5. The zero-order chi connectivity index (χ0) is 19.1. The Morgan fingerprint density at radius 1 is 1.15 bits per heavy atom. The monoisotopic (exact) mass is 367 g/mol. The minimum atomic E-state index is -0.140. The van der Waals surface area contributed by atoms with Gasteiger partial charge in [-0.15, -0.1) is 0 Å². The molecule has 0 aromatic rings. The smallest absolute Gasteiger partial charge is 0.310 e. The highest BCUT2D eigenvalue weighted by atomic mass is 16.5. The van der Waals surface area contributed by atoms with Gasteiger partial charge in [0.05, 0.1) is 19.6 Å². The Labute approximate surface area is 156 Å². The fourth-order valence-corrected chi connectivity index (χ4v) is 3.61. The van der Waals surface area contributed by atoms with E-state index in [4.69, 9.17) is 9.73 Å². The summed E-state index contributed by atoms with van der Waals surface area (Å²) < 4.78 is 4.92. The molecule has 1 amide bonds. The first-order valence-electron chi connectivity index (χ1n) is 9.55. The second-order valence-electron chi connectivity index (χ2n) is 7.10. The predicted octanol–water partition coefficient (Wildman–Crippen LogP) is -0.143. The van der Waals surface area contributed by atoms with E-state index in [1.54, 1.807) is 6.92 Å². The van der Waals surface area contributed by atoms with E-state index >= 15 is 0 Å². The van der Waals surface area contributed by atoms with Crippen molar-refractivity contribution in [1.82, 2.24) is 20.0 Å². The fourth-order valence-electron chi connectivity index (χ4n) is 3.61. The number of nitrogens with zero attached hydrogens (tertiary/aromatic N) is 4. The van der Waals surface area contributed by atoms with E-state index < -0.39 is 0 Å². The molecule has 2 heterocycles. The van der Waals surface area contributed by atoms with Crippen LogP contribution in [0.5, 0.6) is 0 Å². The molecule has 2 fully saturated rings. The molecule has 2 saturated heterocycles. The quantitative estimate of drug-likeness (QED) is 0.414. The maximum Gasteiger partial charge on any atom is 0.310 e. The first-order valence-corrected chi connectivity index (χ1v) is 9.55. The molecule has 0 aromatic carbocycles. The van der Waals surface area contributed by atoms with Crippen LogP contribution >= 0.6 is 0 Å². The average Bonchev–Trinajstić information content (AvgIpc) is 3.02. The summed E-state index contributed by atoms with van der Waals surface area (Å²) >= 11 is 0. The van der Waals surface area contributed by atoms with Crippen LogP contribution in [0.25, 0.3) is 0 Å². The average molecular weight is 367 g/mol. The summed E-state index contributed by atoms with van der Waals surface area (Å²) in [4.78, 5) is 34.4. The van der Waals surface area contributed by atoms with E-state index in [2.05, 4.69) is 22.0 Å². The molecule has 148 valence electrons. The number of hydrogen-bond donors (Lipinski definition) is 1. The van der Waals surface area contributed by atoms with Crippen molar-refractivity contribution < 1.29 is 14.3 Å². The van der Waals surface area contributed by atoms with Crippen molar-refractivity contribution in [2.45, 2.75) is 20.8 Å². The Morgan fingerprint density at radius 3 is 2.42 bits per heavy atom. The van der Waals surface area contributed by atoms with Crippen LogP contribution in [0.15, 0.2) is 4.99 Å². The maximum atomic E-state index is 11.9. The molecule has 8 nitrogen and oxygen atoms in total. The van der Waals surface area contributed by atoms with E-state index in [0.29, 0.717) is 13.1 Å². The third-order valence-corrected chi connectivity index (χ3v) is 5.25. The van der Waals surface area contributed by atoms with Gasteiger partial charge >= 0.3 is 5.97 Å². The van der Waals surface area contributed by atoms with Crippen molar-refractivity contribution >= 4 is 17.8 Å². The SMILES string of the molecule is CCNC(=NCCN1CCN(C(C)=O)CC1)N1CC(C)C(C(=O)OC)C1. The molecular weight excluding hydrogens is 334 g/mol. The highest BCUT2D eigenvalue weighted by Gasteiger charge is 2.36. The van der Waals surface area contributed by atoms with Gasteiger partial charge in [-0.2, -0.15) is 0 Å². The molecule has 0 bridgehead atoms. The summed E-state index contributed by atoms with van der Waals surface area (Å²) in [5, 5.41) is 3.33. The van der Waals surface area contributed by atoms with Gasteiger partial charge in [0.25, 0.3) is 0 Å². The number of carbonyl (C=O) groups excluding carboxylic acids is 2. The Morgan fingerprint density at radius 2 is 1.85 bits per heavy atom. The Bertz CT molecular complexity index is 517. The van der Waals surface area contributed by atoms with E-state index in [-0.39, 0.29) is 23.7 Å². The Hall–Kier alpha value is -1.83. The van der Waals surface area contributed by atoms with E-state index in [9.17, 15) is 9.59 Å². The molecule has 2 rings (SSSR count). The lowest BCUT2D eigenvalue weighted by atomic mass is 9.99. The van der Waals surface area contributed by atoms with E-state index in [0.717, 1.165) is 51.8 Å². The van der Waals surface area contributed by atoms with Crippen molar-refractivity contribution in [3.05, 3.63) is 0 Å². The van der Waals surface area contributed by atoms with Gasteiger partial charge in [0, 0.05) is 59.3 Å². The van der Waals surface area contributed by atoms with Crippen LogP contribution in [0.4, 0.5) is 0 Å². The highest BCUT2D eigenvalue weighted by Crippen LogP contribution is 2.24. The molecule has 0 saturated carbocycles. The van der Waals surface area contributed by atoms with Crippen molar-refractivity contribution in [3.63, 3.8) is 0 Å². The minimum absolute atomic E-state index is 0.0940. The van der Waals surface area contributed by atoms with Gasteiger partial charge in [-0.05, 0) is 12.8 Å². The number of amides is 1. The zero-order valence-corrected chi connectivity index (χ0v) is 16.5. The fraction of sp³-hybridized carbons (Fsp3) is 0.833. The van der Waals surface area contributed by atoms with Gasteiger partial charge in [0.15, 0.2) is 5.96 Å². The van der Waals surface area contributed by atoms with Crippen LogP contribution in [0.2, 0.25) is 0 Å². The summed E-state index contributed by atoms with van der Waals surface area (Å²) in [5.74, 6) is 1.04. The number of ether oxygens (including phenoxy) is 1. The van der Waals surface area contributed by atoms with Crippen LogP contribution in [0.1, 0.15) is 20.8 Å². The molecule has 1 N–H and O–H groups in total. The van der Waals surface area contributed by atoms with Gasteiger partial charge in [-0.25, -0.2) is 0 Å². The molecule has 2 aliphatic heterocycles. The van der Waals surface area contributed by atoms with E-state index in [1.165, 1.54) is 7.11 Å². The Kier molecular flexibility index (Phi) is 7.68. The number of guanidine groups is 1. The first kappa shape index (κ1) is 20.5. The van der Waals surface area contributed by atoms with Crippen LogP contribution in [-0.4, -0.2) is 98.5 Å². The van der Waals surface area contributed by atoms with E-state index in [1.807, 2.05) is 11.8 Å². The minimum Gasteiger partial charge on any atom is -0.469 e.